The van der Waals surface area contributed by atoms with E-state index in [-0.39, 0.29) is 29.5 Å². The Kier molecular flexibility index (Phi) is 6.33. The third-order valence-corrected chi connectivity index (χ3v) is 4.41. The third-order valence-electron chi connectivity index (χ3n) is 4.41. The van der Waals surface area contributed by atoms with Crippen molar-refractivity contribution in [2.75, 3.05) is 12.4 Å². The molecule has 0 aliphatic carbocycles. The van der Waals surface area contributed by atoms with E-state index < -0.39 is 22.8 Å². The maximum Gasteiger partial charge on any atom is 0.350 e. The third kappa shape index (κ3) is 4.71. The van der Waals surface area contributed by atoms with Crippen LogP contribution in [0.25, 0.3) is 0 Å². The highest BCUT2D eigenvalue weighted by molar-refractivity contribution is 6.02. The maximum atomic E-state index is 12.7. The second kappa shape index (κ2) is 9.11. The van der Waals surface area contributed by atoms with Gasteiger partial charge in [0.2, 0.25) is 5.91 Å². The number of anilines is 1. The molecule has 0 spiro atoms. The Bertz CT molecular complexity index is 1090. The Balaban J connectivity index is 1.76. The van der Waals surface area contributed by atoms with E-state index >= 15 is 0 Å². The van der Waals surface area contributed by atoms with Gasteiger partial charge in [-0.15, -0.1) is 5.10 Å². The van der Waals surface area contributed by atoms with Crippen LogP contribution in [0.5, 0.6) is 5.88 Å². The molecular formula is C18H21N7O6. The average Bonchev–Trinajstić information content (AvgIpc) is 3.50. The number of ether oxygens (including phenoxy) is 1. The van der Waals surface area contributed by atoms with Crippen molar-refractivity contribution in [3.8, 4) is 5.88 Å². The summed E-state index contributed by atoms with van der Waals surface area (Å²) in [5.41, 5.74) is -0.138. The lowest BCUT2D eigenvalue weighted by atomic mass is 10.3. The summed E-state index contributed by atoms with van der Waals surface area (Å²) in [6.07, 6.45) is 4.13. The van der Waals surface area contributed by atoms with Gasteiger partial charge in [-0.25, -0.2) is 4.68 Å². The number of carbonyl (C=O) groups excluding carboxylic acids is 2. The summed E-state index contributed by atoms with van der Waals surface area (Å²) in [4.78, 5) is 35.8. The van der Waals surface area contributed by atoms with Crippen LogP contribution in [0.3, 0.4) is 0 Å². The number of amides is 2. The van der Waals surface area contributed by atoms with Crippen LogP contribution in [0, 0.1) is 10.1 Å². The summed E-state index contributed by atoms with van der Waals surface area (Å²) in [7, 11) is 1.25. The monoisotopic (exact) mass is 431 g/mol. The van der Waals surface area contributed by atoms with Crippen LogP contribution in [0.4, 0.5) is 11.4 Å². The van der Waals surface area contributed by atoms with Gasteiger partial charge in [-0.05, 0) is 26.0 Å². The number of nitrogens with one attached hydrogen (secondary N) is 2. The van der Waals surface area contributed by atoms with E-state index in [0.29, 0.717) is 12.3 Å². The predicted octanol–water partition coefficient (Wildman–Crippen LogP) is 1.74. The first-order valence-corrected chi connectivity index (χ1v) is 9.30. The lowest BCUT2D eigenvalue weighted by Gasteiger charge is -2.12. The topological polar surface area (TPSA) is 159 Å². The van der Waals surface area contributed by atoms with E-state index in [2.05, 4.69) is 20.8 Å². The molecule has 1 atom stereocenters. The van der Waals surface area contributed by atoms with Gasteiger partial charge in [0.05, 0.1) is 30.5 Å². The Labute approximate surface area is 176 Å². The molecule has 0 saturated carbocycles. The van der Waals surface area contributed by atoms with Gasteiger partial charge < -0.3 is 19.8 Å². The van der Waals surface area contributed by atoms with Crippen LogP contribution >= 0.6 is 0 Å². The summed E-state index contributed by atoms with van der Waals surface area (Å²) < 4.78 is 12.7. The lowest BCUT2D eigenvalue weighted by molar-refractivity contribution is -0.385. The van der Waals surface area contributed by atoms with E-state index in [0.717, 1.165) is 10.9 Å². The number of aromatic nitrogens is 4. The van der Waals surface area contributed by atoms with Crippen LogP contribution in [0.15, 0.2) is 35.2 Å². The minimum Gasteiger partial charge on any atom is -0.475 e. The highest BCUT2D eigenvalue weighted by atomic mass is 16.6. The molecule has 13 heteroatoms. The van der Waals surface area contributed by atoms with Gasteiger partial charge >= 0.3 is 11.6 Å². The van der Waals surface area contributed by atoms with E-state index in [9.17, 15) is 19.7 Å². The number of hydrogen-bond donors (Lipinski definition) is 2. The first-order chi connectivity index (χ1) is 14.8. The number of aryl methyl sites for hydroxylation is 1. The molecule has 3 heterocycles. The summed E-state index contributed by atoms with van der Waals surface area (Å²) in [5, 5.41) is 24.5. The molecule has 0 bridgehead atoms. The normalized spacial score (nSPS) is 11.7. The fourth-order valence-corrected chi connectivity index (χ4v) is 2.70. The summed E-state index contributed by atoms with van der Waals surface area (Å²) >= 11 is 0. The largest absolute Gasteiger partial charge is 0.475 e. The smallest absolute Gasteiger partial charge is 0.350 e. The van der Waals surface area contributed by atoms with E-state index in [4.69, 9.17) is 9.15 Å². The van der Waals surface area contributed by atoms with Crippen molar-refractivity contribution < 1.29 is 23.7 Å². The highest BCUT2D eigenvalue weighted by Gasteiger charge is 2.27. The standard InChI is InChI=1S/C18H21N7O6/c1-4-23-9-13(15(21-23)17(27)19-8-12-6-5-7-31-12)20-16(26)11(2)24-10-14(25(28)29)18(22-24)30-3/h5-7,9-11H,4,8H2,1-3H3,(H,19,27)(H,20,26). The van der Waals surface area contributed by atoms with Crippen molar-refractivity contribution in [2.24, 2.45) is 0 Å². The molecule has 2 N–H and O–H groups in total. The molecule has 0 radical (unpaired) electrons. The molecule has 3 aromatic heterocycles. The van der Waals surface area contributed by atoms with Crippen LogP contribution in [0.1, 0.15) is 36.1 Å². The SMILES string of the molecule is CCn1cc(NC(=O)C(C)n2cc([N+](=O)[O-])c(OC)n2)c(C(=O)NCc2ccco2)n1. The van der Waals surface area contributed by atoms with Crippen molar-refractivity contribution in [1.82, 2.24) is 24.9 Å². The van der Waals surface area contributed by atoms with Crippen molar-refractivity contribution in [1.29, 1.82) is 0 Å². The van der Waals surface area contributed by atoms with Gasteiger partial charge in [0.1, 0.15) is 18.0 Å². The Hall–Kier alpha value is -4.16. The Morgan fingerprint density at radius 3 is 2.71 bits per heavy atom. The van der Waals surface area contributed by atoms with Crippen LogP contribution in [-0.2, 0) is 17.9 Å². The number of methoxy groups -OCH3 is 1. The molecule has 13 nitrogen and oxygen atoms in total. The molecule has 2 amide bonds. The van der Waals surface area contributed by atoms with Crippen molar-refractivity contribution >= 4 is 23.2 Å². The number of rotatable bonds is 9. The van der Waals surface area contributed by atoms with Gasteiger partial charge in [-0.2, -0.15) is 5.10 Å². The molecule has 0 aliphatic rings. The summed E-state index contributed by atoms with van der Waals surface area (Å²) in [5.74, 6) is -0.683. The first-order valence-electron chi connectivity index (χ1n) is 9.30. The zero-order chi connectivity index (χ0) is 22.5. The second-order valence-corrected chi connectivity index (χ2v) is 6.44. The molecule has 31 heavy (non-hydrogen) atoms. The molecule has 0 fully saturated rings. The fraction of sp³-hybridized carbons (Fsp3) is 0.333. The number of hydrogen-bond acceptors (Lipinski definition) is 8. The lowest BCUT2D eigenvalue weighted by Crippen LogP contribution is -2.27. The first kappa shape index (κ1) is 21.5. The number of nitro groups is 1. The fourth-order valence-electron chi connectivity index (χ4n) is 2.70. The van der Waals surface area contributed by atoms with E-state index in [1.165, 1.54) is 31.2 Å². The van der Waals surface area contributed by atoms with Crippen LogP contribution < -0.4 is 15.4 Å². The quantitative estimate of drug-likeness (QED) is 0.383. The molecule has 164 valence electrons. The zero-order valence-corrected chi connectivity index (χ0v) is 17.1. The van der Waals surface area contributed by atoms with Gasteiger partial charge in [-0.3, -0.25) is 24.4 Å². The average molecular weight is 431 g/mol. The summed E-state index contributed by atoms with van der Waals surface area (Å²) in [6.45, 7) is 3.98. The number of carbonyl (C=O) groups is 2. The maximum absolute atomic E-state index is 12.7. The molecular weight excluding hydrogens is 410 g/mol. The van der Waals surface area contributed by atoms with Crippen molar-refractivity contribution in [3.05, 3.63) is 52.4 Å². The van der Waals surface area contributed by atoms with Crippen LogP contribution in [-0.4, -0.2) is 43.4 Å². The highest BCUT2D eigenvalue weighted by Crippen LogP contribution is 2.26. The molecule has 1 unspecified atom stereocenters. The molecule has 0 aliphatic heterocycles. The minimum absolute atomic E-state index is 0.0259. The van der Waals surface area contributed by atoms with Crippen molar-refractivity contribution in [2.45, 2.75) is 33.0 Å². The second-order valence-electron chi connectivity index (χ2n) is 6.44. The Morgan fingerprint density at radius 1 is 1.35 bits per heavy atom. The molecule has 3 rings (SSSR count). The molecule has 3 aromatic rings. The van der Waals surface area contributed by atoms with Gasteiger partial charge in [-0.1, -0.05) is 0 Å². The van der Waals surface area contributed by atoms with Crippen LogP contribution in [0.2, 0.25) is 0 Å². The van der Waals surface area contributed by atoms with E-state index in [1.807, 2.05) is 6.92 Å². The minimum atomic E-state index is -0.924. The van der Waals surface area contributed by atoms with Gasteiger partial charge in [0, 0.05) is 12.7 Å². The number of furan rings is 1. The van der Waals surface area contributed by atoms with E-state index in [1.54, 1.807) is 12.1 Å². The molecule has 0 saturated heterocycles. The van der Waals surface area contributed by atoms with Crippen molar-refractivity contribution in [3.63, 3.8) is 0 Å². The predicted molar refractivity (Wildman–Crippen MR) is 107 cm³/mol. The van der Waals surface area contributed by atoms with Gasteiger partial charge in [0.15, 0.2) is 5.69 Å². The Morgan fingerprint density at radius 2 is 2.13 bits per heavy atom. The molecule has 0 aromatic carbocycles. The van der Waals surface area contributed by atoms with Gasteiger partial charge in [0.25, 0.3) is 5.91 Å². The zero-order valence-electron chi connectivity index (χ0n) is 17.1. The number of nitrogens with zero attached hydrogens (tertiary/aromatic N) is 5. The summed E-state index contributed by atoms with van der Waals surface area (Å²) in [6, 6.07) is 2.49.